The topological polar surface area (TPSA) is 44.4 Å². The van der Waals surface area contributed by atoms with Gasteiger partial charge in [-0.25, -0.2) is 0 Å². The van der Waals surface area contributed by atoms with Crippen molar-refractivity contribution in [2.24, 2.45) is 0 Å². The molecule has 0 spiro atoms. The minimum atomic E-state index is 0.179. The van der Waals surface area contributed by atoms with Crippen molar-refractivity contribution in [1.82, 2.24) is 15.5 Å². The van der Waals surface area contributed by atoms with Gasteiger partial charge in [0.15, 0.2) is 0 Å². The third-order valence-electron chi connectivity index (χ3n) is 3.50. The molecule has 0 radical (unpaired) electrons. The first kappa shape index (κ1) is 15.4. The van der Waals surface area contributed by atoms with Crippen molar-refractivity contribution < 1.29 is 4.79 Å². The second-order valence-electron chi connectivity index (χ2n) is 5.15. The minimum absolute atomic E-state index is 0.179. The maximum Gasteiger partial charge on any atom is 0.221 e. The van der Waals surface area contributed by atoms with E-state index in [-0.39, 0.29) is 5.91 Å². The molecular formula is C14H29N3O. The monoisotopic (exact) mass is 255 g/mol. The molecule has 1 saturated heterocycles. The Morgan fingerprint density at radius 2 is 2.22 bits per heavy atom. The van der Waals surface area contributed by atoms with Crippen molar-refractivity contribution in [2.75, 3.05) is 32.7 Å². The van der Waals surface area contributed by atoms with Crippen molar-refractivity contribution in [3.8, 4) is 0 Å². The van der Waals surface area contributed by atoms with Gasteiger partial charge in [0.1, 0.15) is 0 Å². The Hall–Kier alpha value is -0.610. The molecule has 4 heteroatoms. The van der Waals surface area contributed by atoms with Crippen LogP contribution in [0, 0.1) is 0 Å². The highest BCUT2D eigenvalue weighted by Gasteiger charge is 2.17. The number of nitrogens with zero attached hydrogens (tertiary/aromatic N) is 1. The largest absolute Gasteiger partial charge is 0.356 e. The molecule has 0 aromatic carbocycles. The van der Waals surface area contributed by atoms with Gasteiger partial charge in [0.2, 0.25) is 5.91 Å². The maximum absolute atomic E-state index is 11.5. The lowest BCUT2D eigenvalue weighted by Gasteiger charge is -2.25. The lowest BCUT2D eigenvalue weighted by molar-refractivity contribution is -0.121. The van der Waals surface area contributed by atoms with Crippen molar-refractivity contribution in [3.05, 3.63) is 0 Å². The molecule has 1 atom stereocenters. The number of rotatable bonds is 9. The summed E-state index contributed by atoms with van der Waals surface area (Å²) in [6.07, 6.45) is 5.65. The molecule has 1 unspecified atom stereocenters. The van der Waals surface area contributed by atoms with Gasteiger partial charge in [0.05, 0.1) is 0 Å². The number of carbonyl (C=O) groups excluding carboxylic acids is 1. The quantitative estimate of drug-likeness (QED) is 0.654. The SMILES string of the molecule is CCCCN(CCC(=O)NCC)CC1CCCN1. The number of hydrogen-bond acceptors (Lipinski definition) is 3. The van der Waals surface area contributed by atoms with E-state index >= 15 is 0 Å². The van der Waals surface area contributed by atoms with Crippen LogP contribution in [0.1, 0.15) is 46.0 Å². The Labute approximate surface area is 111 Å². The smallest absolute Gasteiger partial charge is 0.221 e. The first-order valence-electron chi connectivity index (χ1n) is 7.48. The van der Waals surface area contributed by atoms with Gasteiger partial charge in [-0.05, 0) is 39.3 Å². The average Bonchev–Trinajstić information content (AvgIpc) is 2.86. The summed E-state index contributed by atoms with van der Waals surface area (Å²) < 4.78 is 0. The summed E-state index contributed by atoms with van der Waals surface area (Å²) in [7, 11) is 0. The summed E-state index contributed by atoms with van der Waals surface area (Å²) in [5, 5.41) is 6.40. The summed E-state index contributed by atoms with van der Waals surface area (Å²) in [5.74, 6) is 0.179. The zero-order valence-electron chi connectivity index (χ0n) is 12.0. The van der Waals surface area contributed by atoms with E-state index in [1.165, 1.54) is 25.7 Å². The molecule has 2 N–H and O–H groups in total. The fraction of sp³-hybridized carbons (Fsp3) is 0.929. The number of carbonyl (C=O) groups is 1. The molecule has 4 nitrogen and oxygen atoms in total. The standard InChI is InChI=1S/C14H29N3O/c1-3-5-10-17(11-8-14(18)15-4-2)12-13-7-6-9-16-13/h13,16H,3-12H2,1-2H3,(H,15,18). The van der Waals surface area contributed by atoms with E-state index in [1.807, 2.05) is 6.92 Å². The fourth-order valence-electron chi connectivity index (χ4n) is 2.45. The van der Waals surface area contributed by atoms with Gasteiger partial charge in [-0.1, -0.05) is 13.3 Å². The molecule has 0 aromatic rings. The van der Waals surface area contributed by atoms with Gasteiger partial charge in [-0.2, -0.15) is 0 Å². The first-order valence-corrected chi connectivity index (χ1v) is 7.48. The molecule has 0 bridgehead atoms. The number of unbranched alkanes of at least 4 members (excludes halogenated alkanes) is 1. The summed E-state index contributed by atoms with van der Waals surface area (Å²) in [6, 6.07) is 0.635. The molecular weight excluding hydrogens is 226 g/mol. The van der Waals surface area contributed by atoms with E-state index in [4.69, 9.17) is 0 Å². The molecule has 1 aliphatic heterocycles. The van der Waals surface area contributed by atoms with Crippen molar-refractivity contribution in [3.63, 3.8) is 0 Å². The second-order valence-corrected chi connectivity index (χ2v) is 5.15. The summed E-state index contributed by atoms with van der Waals surface area (Å²) in [4.78, 5) is 14.0. The Morgan fingerprint density at radius 1 is 1.39 bits per heavy atom. The lowest BCUT2D eigenvalue weighted by Crippen LogP contribution is -2.40. The third-order valence-corrected chi connectivity index (χ3v) is 3.50. The van der Waals surface area contributed by atoms with Crippen LogP contribution >= 0.6 is 0 Å². The highest BCUT2D eigenvalue weighted by Crippen LogP contribution is 2.08. The van der Waals surface area contributed by atoms with E-state index in [9.17, 15) is 4.79 Å². The van der Waals surface area contributed by atoms with Gasteiger partial charge < -0.3 is 15.5 Å². The Kier molecular flexibility index (Phi) is 8.01. The van der Waals surface area contributed by atoms with Crippen LogP contribution in [0.15, 0.2) is 0 Å². The van der Waals surface area contributed by atoms with Crippen LogP contribution in [0.2, 0.25) is 0 Å². The molecule has 106 valence electrons. The maximum atomic E-state index is 11.5. The van der Waals surface area contributed by atoms with E-state index in [1.54, 1.807) is 0 Å². The molecule has 0 saturated carbocycles. The van der Waals surface area contributed by atoms with E-state index in [0.29, 0.717) is 12.5 Å². The molecule has 0 aromatic heterocycles. The molecule has 18 heavy (non-hydrogen) atoms. The average molecular weight is 255 g/mol. The second kappa shape index (κ2) is 9.34. The minimum Gasteiger partial charge on any atom is -0.356 e. The van der Waals surface area contributed by atoms with Crippen LogP contribution in [-0.2, 0) is 4.79 Å². The van der Waals surface area contributed by atoms with Gasteiger partial charge in [0, 0.05) is 32.1 Å². The van der Waals surface area contributed by atoms with Gasteiger partial charge in [0.25, 0.3) is 0 Å². The van der Waals surface area contributed by atoms with Crippen LogP contribution < -0.4 is 10.6 Å². The van der Waals surface area contributed by atoms with Crippen LogP contribution in [-0.4, -0.2) is 49.6 Å². The number of amides is 1. The van der Waals surface area contributed by atoms with Gasteiger partial charge in [-0.15, -0.1) is 0 Å². The van der Waals surface area contributed by atoms with Crippen molar-refractivity contribution in [1.29, 1.82) is 0 Å². The highest BCUT2D eigenvalue weighted by atomic mass is 16.1. The molecule has 1 amide bonds. The van der Waals surface area contributed by atoms with Gasteiger partial charge >= 0.3 is 0 Å². The normalized spacial score (nSPS) is 19.4. The first-order chi connectivity index (χ1) is 8.76. The van der Waals surface area contributed by atoms with Gasteiger partial charge in [-0.3, -0.25) is 4.79 Å². The van der Waals surface area contributed by atoms with E-state index in [0.717, 1.165) is 32.7 Å². The third kappa shape index (κ3) is 6.36. The summed E-state index contributed by atoms with van der Waals surface area (Å²) >= 11 is 0. The Morgan fingerprint density at radius 3 is 2.83 bits per heavy atom. The fourth-order valence-corrected chi connectivity index (χ4v) is 2.45. The van der Waals surface area contributed by atoms with Crippen molar-refractivity contribution in [2.45, 2.75) is 52.0 Å². The predicted octanol–water partition coefficient (Wildman–Crippen LogP) is 1.37. The van der Waals surface area contributed by atoms with E-state index < -0.39 is 0 Å². The predicted molar refractivity (Wildman–Crippen MR) is 75.7 cm³/mol. The molecule has 1 heterocycles. The summed E-state index contributed by atoms with van der Waals surface area (Å²) in [6.45, 7) is 9.18. The number of hydrogen-bond donors (Lipinski definition) is 2. The molecule has 0 aliphatic carbocycles. The summed E-state index contributed by atoms with van der Waals surface area (Å²) in [5.41, 5.74) is 0. The van der Waals surface area contributed by atoms with Crippen LogP contribution in [0.5, 0.6) is 0 Å². The molecule has 1 fully saturated rings. The van der Waals surface area contributed by atoms with E-state index in [2.05, 4.69) is 22.5 Å². The van der Waals surface area contributed by atoms with Crippen LogP contribution in [0.3, 0.4) is 0 Å². The number of nitrogens with one attached hydrogen (secondary N) is 2. The zero-order valence-corrected chi connectivity index (χ0v) is 12.0. The van der Waals surface area contributed by atoms with Crippen LogP contribution in [0.25, 0.3) is 0 Å². The Bertz CT molecular complexity index is 227. The lowest BCUT2D eigenvalue weighted by atomic mass is 10.2. The zero-order chi connectivity index (χ0) is 13.2. The molecule has 1 rings (SSSR count). The Balaban J connectivity index is 2.27. The van der Waals surface area contributed by atoms with Crippen molar-refractivity contribution >= 4 is 5.91 Å². The van der Waals surface area contributed by atoms with Crippen LogP contribution in [0.4, 0.5) is 0 Å². The molecule has 1 aliphatic rings. The highest BCUT2D eigenvalue weighted by molar-refractivity contribution is 5.75.